The molecule has 0 N–H and O–H groups in total. The monoisotopic (exact) mass is 382 g/mol. The van der Waals surface area contributed by atoms with E-state index in [4.69, 9.17) is 0 Å². The molecule has 4 aliphatic rings. The quantitative estimate of drug-likeness (QED) is 0.342. The number of hydrogen-bond acceptors (Lipinski definition) is 0. The molecule has 0 nitrogen and oxygen atoms in total. The lowest BCUT2D eigenvalue weighted by molar-refractivity contribution is -0.0135. The van der Waals surface area contributed by atoms with E-state index in [-0.39, 0.29) is 0 Å². The van der Waals surface area contributed by atoms with E-state index < -0.39 is 0 Å². The summed E-state index contributed by atoms with van der Waals surface area (Å²) in [5, 5.41) is 0. The highest BCUT2D eigenvalue weighted by Crippen LogP contribution is 2.65. The molecular weight excluding hydrogens is 355 g/mol. The van der Waals surface area contributed by atoms with Crippen LogP contribution in [0.2, 0.25) is 0 Å². The zero-order chi connectivity index (χ0) is 14.0. The first-order valence-corrected chi connectivity index (χ1v) is 9.69. The third-order valence-corrected chi connectivity index (χ3v) is 9.18. The van der Waals surface area contributed by atoms with Crippen LogP contribution in [0.15, 0.2) is 21.3 Å². The van der Waals surface area contributed by atoms with Gasteiger partial charge in [0, 0.05) is 5.41 Å². The lowest BCUT2D eigenvalue weighted by Crippen LogP contribution is -2.48. The molecule has 0 heterocycles. The second-order valence-corrected chi connectivity index (χ2v) is 9.37. The molecule has 0 saturated heterocycles. The third-order valence-electron chi connectivity index (χ3n) is 7.50. The van der Waals surface area contributed by atoms with Gasteiger partial charge < -0.3 is 0 Å². The fourth-order valence-electron chi connectivity index (χ4n) is 6.21. The lowest BCUT2D eigenvalue weighted by atomic mass is 9.48. The van der Waals surface area contributed by atoms with Gasteiger partial charge in [0.25, 0.3) is 0 Å². The van der Waals surface area contributed by atoms with Crippen molar-refractivity contribution in [1.29, 1.82) is 0 Å². The Labute approximate surface area is 137 Å². The smallest absolute Gasteiger partial charge is 0.00136 e. The second kappa shape index (κ2) is 4.60. The summed E-state index contributed by atoms with van der Waals surface area (Å²) < 4.78 is 1.67. The van der Waals surface area contributed by atoms with Gasteiger partial charge in [0.15, 0.2) is 0 Å². The zero-order valence-electron chi connectivity index (χ0n) is 12.9. The summed E-state index contributed by atoms with van der Waals surface area (Å²) in [6.07, 6.45) is 16.7. The average molecular weight is 382 g/mol. The van der Waals surface area contributed by atoms with Crippen LogP contribution in [0.3, 0.4) is 0 Å². The number of halogens is 1. The Morgan fingerprint density at radius 3 is 2.70 bits per heavy atom. The van der Waals surface area contributed by atoms with Crippen LogP contribution >= 0.6 is 22.6 Å². The van der Waals surface area contributed by atoms with Gasteiger partial charge in [0.2, 0.25) is 0 Å². The van der Waals surface area contributed by atoms with E-state index in [9.17, 15) is 0 Å². The van der Waals surface area contributed by atoms with Crippen molar-refractivity contribution in [3.8, 4) is 0 Å². The van der Waals surface area contributed by atoms with Crippen molar-refractivity contribution in [1.82, 2.24) is 0 Å². The first-order valence-electron chi connectivity index (χ1n) is 8.61. The van der Waals surface area contributed by atoms with Gasteiger partial charge >= 0.3 is 0 Å². The summed E-state index contributed by atoms with van der Waals surface area (Å²) in [7, 11) is 0. The van der Waals surface area contributed by atoms with Crippen molar-refractivity contribution >= 4 is 22.6 Å². The number of hydrogen-bond donors (Lipinski definition) is 0. The maximum Gasteiger partial charge on any atom is 0.00136 e. The third kappa shape index (κ3) is 1.71. The number of rotatable bonds is 0. The highest BCUT2D eigenvalue weighted by Gasteiger charge is 2.55. The molecule has 20 heavy (non-hydrogen) atoms. The van der Waals surface area contributed by atoms with Crippen molar-refractivity contribution < 1.29 is 0 Å². The molecule has 0 aromatic heterocycles. The standard InChI is InChI=1S/C19H27I/c1-18-11-4-3-5-13(18)6-7-14-15-8-9-17(20)19(15,2)12-10-16(14)18/h6,9,14-16H,3-5,7-8,10-12H2,1-2H3/t14-,15-,16-,18-,19-/m0/s1. The molecule has 0 spiro atoms. The minimum absolute atomic E-state index is 0.526. The molecule has 2 fully saturated rings. The largest absolute Gasteiger partial charge is 0.0845 e. The highest BCUT2D eigenvalue weighted by atomic mass is 127. The fourth-order valence-corrected chi connectivity index (χ4v) is 7.14. The van der Waals surface area contributed by atoms with E-state index in [1.165, 1.54) is 51.4 Å². The van der Waals surface area contributed by atoms with E-state index in [0.29, 0.717) is 10.8 Å². The molecule has 0 radical (unpaired) electrons. The Hall–Kier alpha value is 0.210. The fraction of sp³-hybridized carbons (Fsp3) is 0.789. The Bertz CT molecular complexity index is 488. The molecule has 110 valence electrons. The van der Waals surface area contributed by atoms with Gasteiger partial charge in [-0.05, 0) is 94.3 Å². The summed E-state index contributed by atoms with van der Waals surface area (Å²) in [6, 6.07) is 0. The maximum absolute atomic E-state index is 2.68. The maximum atomic E-state index is 2.68. The van der Waals surface area contributed by atoms with Gasteiger partial charge in [-0.2, -0.15) is 0 Å². The van der Waals surface area contributed by atoms with Crippen molar-refractivity contribution in [2.24, 2.45) is 28.6 Å². The summed E-state index contributed by atoms with van der Waals surface area (Å²) in [5.74, 6) is 2.88. The van der Waals surface area contributed by atoms with E-state index in [2.05, 4.69) is 48.6 Å². The van der Waals surface area contributed by atoms with Gasteiger partial charge in [0.1, 0.15) is 0 Å². The SMILES string of the molecule is C[C@]12CCCCC1=CC[C@@H]1[C@@H]2CC[C@]2(C)C(I)=CC[C@@H]12. The molecule has 0 bridgehead atoms. The normalized spacial score (nSPS) is 50.6. The average Bonchev–Trinajstić information content (AvgIpc) is 2.74. The molecule has 4 aliphatic carbocycles. The predicted octanol–water partition coefficient (Wildman–Crippen LogP) is 6.27. The number of allylic oxidation sites excluding steroid dienone is 4. The summed E-state index contributed by atoms with van der Waals surface area (Å²) in [6.45, 7) is 5.17. The molecule has 0 amide bonds. The number of fused-ring (bicyclic) bond motifs is 5. The van der Waals surface area contributed by atoms with E-state index in [1.807, 2.05) is 5.57 Å². The van der Waals surface area contributed by atoms with Crippen molar-refractivity contribution in [2.75, 3.05) is 0 Å². The van der Waals surface area contributed by atoms with Crippen molar-refractivity contribution in [2.45, 2.75) is 65.2 Å². The summed E-state index contributed by atoms with van der Waals surface area (Å²) in [4.78, 5) is 0. The minimum Gasteiger partial charge on any atom is -0.0845 e. The summed E-state index contributed by atoms with van der Waals surface area (Å²) >= 11 is 2.63. The van der Waals surface area contributed by atoms with Crippen LogP contribution in [-0.4, -0.2) is 0 Å². The first-order chi connectivity index (χ1) is 9.56. The molecule has 4 rings (SSSR count). The summed E-state index contributed by atoms with van der Waals surface area (Å²) in [5.41, 5.74) is 2.93. The highest BCUT2D eigenvalue weighted by molar-refractivity contribution is 14.1. The topological polar surface area (TPSA) is 0 Å². The Kier molecular flexibility index (Phi) is 3.18. The van der Waals surface area contributed by atoms with Gasteiger partial charge in [-0.3, -0.25) is 0 Å². The van der Waals surface area contributed by atoms with Crippen molar-refractivity contribution in [3.63, 3.8) is 0 Å². The van der Waals surface area contributed by atoms with Gasteiger partial charge in [-0.25, -0.2) is 0 Å². The van der Waals surface area contributed by atoms with E-state index >= 15 is 0 Å². The van der Waals surface area contributed by atoms with Crippen LogP contribution in [0.4, 0.5) is 0 Å². The van der Waals surface area contributed by atoms with Crippen LogP contribution in [0, 0.1) is 28.6 Å². The van der Waals surface area contributed by atoms with Gasteiger partial charge in [-0.1, -0.05) is 38.0 Å². The zero-order valence-corrected chi connectivity index (χ0v) is 15.1. The lowest BCUT2D eigenvalue weighted by Gasteiger charge is -2.57. The molecule has 1 heteroatoms. The second-order valence-electron chi connectivity index (χ2n) is 8.21. The van der Waals surface area contributed by atoms with E-state index in [0.717, 1.165) is 17.8 Å². The van der Waals surface area contributed by atoms with Gasteiger partial charge in [-0.15, -0.1) is 0 Å². The van der Waals surface area contributed by atoms with E-state index in [1.54, 1.807) is 3.58 Å². The molecule has 0 aromatic rings. The predicted molar refractivity (Wildman–Crippen MR) is 93.8 cm³/mol. The molecule has 0 aromatic carbocycles. The molecule has 5 atom stereocenters. The first kappa shape index (κ1) is 13.8. The van der Waals surface area contributed by atoms with Gasteiger partial charge in [0.05, 0.1) is 0 Å². The minimum atomic E-state index is 0.526. The van der Waals surface area contributed by atoms with Crippen LogP contribution in [0.25, 0.3) is 0 Å². The van der Waals surface area contributed by atoms with Crippen LogP contribution in [0.5, 0.6) is 0 Å². The Balaban J connectivity index is 1.70. The van der Waals surface area contributed by atoms with Crippen LogP contribution < -0.4 is 0 Å². The molecule has 0 unspecified atom stereocenters. The molecular formula is C19H27I. The Morgan fingerprint density at radius 1 is 1.00 bits per heavy atom. The van der Waals surface area contributed by atoms with Crippen LogP contribution in [-0.2, 0) is 0 Å². The van der Waals surface area contributed by atoms with Crippen LogP contribution in [0.1, 0.15) is 65.2 Å². The van der Waals surface area contributed by atoms with Crippen molar-refractivity contribution in [3.05, 3.63) is 21.3 Å². The molecule has 0 aliphatic heterocycles. The Morgan fingerprint density at radius 2 is 1.85 bits per heavy atom. The molecule has 2 saturated carbocycles.